The highest BCUT2D eigenvalue weighted by atomic mass is 16.5. The standard InChI is InChI=1S/C17H27N3O/c1-4-18-17(20-16-10-13(16)3)19-11-14-8-6-7-9-15(14)12-21-5-2/h6-9,13,16H,4-5,10-12H2,1-3H3,(H2,18,19,20). The average molecular weight is 289 g/mol. The quantitative estimate of drug-likeness (QED) is 0.599. The highest BCUT2D eigenvalue weighted by Gasteiger charge is 2.33. The van der Waals surface area contributed by atoms with Gasteiger partial charge >= 0.3 is 0 Å². The molecule has 1 aliphatic carbocycles. The Morgan fingerprint density at radius 3 is 2.62 bits per heavy atom. The van der Waals surface area contributed by atoms with Crippen LogP contribution in [0.3, 0.4) is 0 Å². The molecular weight excluding hydrogens is 262 g/mol. The Bertz CT molecular complexity index is 473. The smallest absolute Gasteiger partial charge is 0.191 e. The molecular formula is C17H27N3O. The van der Waals surface area contributed by atoms with Gasteiger partial charge in [-0.2, -0.15) is 0 Å². The number of nitrogens with zero attached hydrogens (tertiary/aromatic N) is 1. The Balaban J connectivity index is 1.99. The molecule has 1 aromatic carbocycles. The summed E-state index contributed by atoms with van der Waals surface area (Å²) in [5.41, 5.74) is 2.45. The highest BCUT2D eigenvalue weighted by Crippen LogP contribution is 2.28. The maximum Gasteiger partial charge on any atom is 0.191 e. The third kappa shape index (κ3) is 5.05. The van der Waals surface area contributed by atoms with E-state index < -0.39 is 0 Å². The summed E-state index contributed by atoms with van der Waals surface area (Å²) in [5.74, 6) is 1.68. The lowest BCUT2D eigenvalue weighted by atomic mass is 10.1. The number of rotatable bonds is 7. The summed E-state index contributed by atoms with van der Waals surface area (Å²) in [5, 5.41) is 6.80. The number of guanidine groups is 1. The third-order valence-corrected chi connectivity index (χ3v) is 3.76. The molecule has 4 nitrogen and oxygen atoms in total. The third-order valence-electron chi connectivity index (χ3n) is 3.76. The van der Waals surface area contributed by atoms with Crippen LogP contribution in [-0.2, 0) is 17.9 Å². The molecule has 0 spiro atoms. The second-order valence-electron chi connectivity index (χ2n) is 5.56. The molecule has 0 bridgehead atoms. The predicted octanol–water partition coefficient (Wildman–Crippen LogP) is 2.69. The van der Waals surface area contributed by atoms with E-state index in [9.17, 15) is 0 Å². The molecule has 2 rings (SSSR count). The second kappa shape index (κ2) is 8.03. The van der Waals surface area contributed by atoms with Gasteiger partial charge in [0.15, 0.2) is 5.96 Å². The monoisotopic (exact) mass is 289 g/mol. The van der Waals surface area contributed by atoms with Gasteiger partial charge in [-0.1, -0.05) is 31.2 Å². The van der Waals surface area contributed by atoms with Crippen molar-refractivity contribution in [1.29, 1.82) is 0 Å². The topological polar surface area (TPSA) is 45.7 Å². The van der Waals surface area contributed by atoms with Gasteiger partial charge in [-0.15, -0.1) is 0 Å². The molecule has 1 saturated carbocycles. The largest absolute Gasteiger partial charge is 0.377 e. The number of aliphatic imine (C=N–C) groups is 1. The van der Waals surface area contributed by atoms with Crippen molar-refractivity contribution in [2.75, 3.05) is 13.2 Å². The molecule has 2 atom stereocenters. The SMILES string of the molecule is CCNC(=NCc1ccccc1COCC)NC1CC1C. The maximum atomic E-state index is 5.52. The van der Waals surface area contributed by atoms with Gasteiger partial charge in [0.2, 0.25) is 0 Å². The second-order valence-corrected chi connectivity index (χ2v) is 5.56. The Hall–Kier alpha value is -1.55. The fraction of sp³-hybridized carbons (Fsp3) is 0.588. The van der Waals surface area contributed by atoms with Crippen LogP contribution < -0.4 is 10.6 Å². The minimum absolute atomic E-state index is 0.585. The van der Waals surface area contributed by atoms with Gasteiger partial charge in [0.1, 0.15) is 0 Å². The minimum Gasteiger partial charge on any atom is -0.377 e. The lowest BCUT2D eigenvalue weighted by Gasteiger charge is -2.12. The molecule has 0 aliphatic heterocycles. The van der Waals surface area contributed by atoms with Crippen molar-refractivity contribution in [3.8, 4) is 0 Å². The fourth-order valence-electron chi connectivity index (χ4n) is 2.25. The molecule has 4 heteroatoms. The summed E-state index contributed by atoms with van der Waals surface area (Å²) in [6.07, 6.45) is 1.24. The molecule has 1 aliphatic rings. The molecule has 0 amide bonds. The Morgan fingerprint density at radius 1 is 1.29 bits per heavy atom. The summed E-state index contributed by atoms with van der Waals surface area (Å²) >= 11 is 0. The lowest BCUT2D eigenvalue weighted by molar-refractivity contribution is 0.133. The molecule has 1 aromatic rings. The Kier molecular flexibility index (Phi) is 6.05. The number of hydrogen-bond donors (Lipinski definition) is 2. The van der Waals surface area contributed by atoms with Crippen LogP contribution in [0.25, 0.3) is 0 Å². The van der Waals surface area contributed by atoms with Crippen molar-refractivity contribution < 1.29 is 4.74 Å². The van der Waals surface area contributed by atoms with Crippen LogP contribution in [0.1, 0.15) is 38.3 Å². The van der Waals surface area contributed by atoms with E-state index in [1.807, 2.05) is 6.92 Å². The van der Waals surface area contributed by atoms with E-state index in [1.54, 1.807) is 0 Å². The van der Waals surface area contributed by atoms with Crippen molar-refractivity contribution in [2.45, 2.75) is 46.4 Å². The van der Waals surface area contributed by atoms with Gasteiger partial charge in [-0.05, 0) is 37.3 Å². The van der Waals surface area contributed by atoms with Crippen LogP contribution in [0.4, 0.5) is 0 Å². The van der Waals surface area contributed by atoms with Gasteiger partial charge in [-0.3, -0.25) is 0 Å². The Morgan fingerprint density at radius 2 is 2.00 bits per heavy atom. The molecule has 0 heterocycles. The molecule has 1 fully saturated rings. The summed E-state index contributed by atoms with van der Waals surface area (Å²) in [4.78, 5) is 4.71. The van der Waals surface area contributed by atoms with E-state index in [-0.39, 0.29) is 0 Å². The van der Waals surface area contributed by atoms with Crippen molar-refractivity contribution in [3.63, 3.8) is 0 Å². The van der Waals surface area contributed by atoms with E-state index in [1.165, 1.54) is 17.5 Å². The van der Waals surface area contributed by atoms with Crippen LogP contribution in [0.2, 0.25) is 0 Å². The van der Waals surface area contributed by atoms with Gasteiger partial charge < -0.3 is 15.4 Å². The van der Waals surface area contributed by atoms with Gasteiger partial charge in [0.25, 0.3) is 0 Å². The first-order valence-corrected chi connectivity index (χ1v) is 7.94. The van der Waals surface area contributed by atoms with E-state index in [0.717, 1.165) is 25.0 Å². The fourth-order valence-corrected chi connectivity index (χ4v) is 2.25. The van der Waals surface area contributed by atoms with E-state index in [2.05, 4.69) is 48.7 Å². The summed E-state index contributed by atoms with van der Waals surface area (Å²) in [7, 11) is 0. The van der Waals surface area contributed by atoms with Crippen LogP contribution in [0.5, 0.6) is 0 Å². The minimum atomic E-state index is 0.585. The van der Waals surface area contributed by atoms with Crippen molar-refractivity contribution in [1.82, 2.24) is 10.6 Å². The molecule has 2 N–H and O–H groups in total. The first-order valence-electron chi connectivity index (χ1n) is 7.94. The van der Waals surface area contributed by atoms with Crippen molar-refractivity contribution >= 4 is 5.96 Å². The molecule has 21 heavy (non-hydrogen) atoms. The number of benzene rings is 1. The molecule has 0 saturated heterocycles. The summed E-state index contributed by atoms with van der Waals surface area (Å²) in [6, 6.07) is 8.94. The Labute approximate surface area is 128 Å². The first-order chi connectivity index (χ1) is 10.2. The number of nitrogens with one attached hydrogen (secondary N) is 2. The highest BCUT2D eigenvalue weighted by molar-refractivity contribution is 5.80. The van der Waals surface area contributed by atoms with Crippen LogP contribution in [0.15, 0.2) is 29.3 Å². The van der Waals surface area contributed by atoms with E-state index >= 15 is 0 Å². The summed E-state index contributed by atoms with van der Waals surface area (Å²) in [6.45, 7) is 9.33. The van der Waals surface area contributed by atoms with Crippen LogP contribution in [-0.4, -0.2) is 25.2 Å². The number of ether oxygens (including phenoxy) is 1. The summed E-state index contributed by atoms with van der Waals surface area (Å²) < 4.78 is 5.52. The average Bonchev–Trinajstić information content (AvgIpc) is 3.19. The van der Waals surface area contributed by atoms with Crippen LogP contribution in [0, 0.1) is 5.92 Å². The van der Waals surface area contributed by atoms with Crippen molar-refractivity contribution in [3.05, 3.63) is 35.4 Å². The van der Waals surface area contributed by atoms with Crippen molar-refractivity contribution in [2.24, 2.45) is 10.9 Å². The maximum absolute atomic E-state index is 5.52. The van der Waals surface area contributed by atoms with E-state index in [4.69, 9.17) is 9.73 Å². The molecule has 116 valence electrons. The molecule has 0 radical (unpaired) electrons. The van der Waals surface area contributed by atoms with Gasteiger partial charge in [0, 0.05) is 19.2 Å². The predicted molar refractivity (Wildman–Crippen MR) is 87.3 cm³/mol. The zero-order valence-electron chi connectivity index (χ0n) is 13.4. The molecule has 2 unspecified atom stereocenters. The van der Waals surface area contributed by atoms with Crippen LogP contribution >= 0.6 is 0 Å². The van der Waals surface area contributed by atoms with Gasteiger partial charge in [-0.25, -0.2) is 4.99 Å². The zero-order chi connectivity index (χ0) is 15.1. The number of hydrogen-bond acceptors (Lipinski definition) is 2. The van der Waals surface area contributed by atoms with E-state index in [0.29, 0.717) is 19.2 Å². The van der Waals surface area contributed by atoms with Gasteiger partial charge in [0.05, 0.1) is 13.2 Å². The zero-order valence-corrected chi connectivity index (χ0v) is 13.4. The molecule has 0 aromatic heterocycles. The lowest BCUT2D eigenvalue weighted by Crippen LogP contribution is -2.39. The first kappa shape index (κ1) is 15.8. The normalized spacial score (nSPS) is 21.2.